The van der Waals surface area contributed by atoms with E-state index in [1.54, 1.807) is 13.0 Å². The van der Waals surface area contributed by atoms with Crippen molar-refractivity contribution in [3.8, 4) is 5.75 Å². The maximum absolute atomic E-state index is 11.5. The summed E-state index contributed by atoms with van der Waals surface area (Å²) in [4.78, 5) is 15.7. The summed E-state index contributed by atoms with van der Waals surface area (Å²) < 4.78 is 5.84. The van der Waals surface area contributed by atoms with Gasteiger partial charge < -0.3 is 9.84 Å². The molecule has 0 bridgehead atoms. The quantitative estimate of drug-likeness (QED) is 0.609. The van der Waals surface area contributed by atoms with Crippen molar-refractivity contribution in [2.45, 2.75) is 27.2 Å². The molecule has 0 aliphatic heterocycles. The molecule has 19 heavy (non-hydrogen) atoms. The monoisotopic (exact) mass is 397 g/mol. The second-order valence-electron chi connectivity index (χ2n) is 4.99. The number of nitrogens with zero attached hydrogens (tertiary/aromatic N) is 1. The van der Waals surface area contributed by atoms with Crippen molar-refractivity contribution in [2.75, 3.05) is 7.11 Å². The number of rotatable bonds is 5. The number of hydrogen-bond donors (Lipinski definition) is 1. The first-order chi connectivity index (χ1) is 8.72. The lowest BCUT2D eigenvalue weighted by molar-refractivity contribution is -0.150. The van der Waals surface area contributed by atoms with Crippen LogP contribution in [-0.2, 0) is 11.2 Å². The molecule has 1 aromatic rings. The zero-order chi connectivity index (χ0) is 14.8. The van der Waals surface area contributed by atoms with E-state index in [1.807, 2.05) is 13.8 Å². The summed E-state index contributed by atoms with van der Waals surface area (Å²) in [6, 6.07) is 1.76. The fourth-order valence-corrected chi connectivity index (χ4v) is 2.63. The van der Waals surface area contributed by atoms with Crippen molar-refractivity contribution >= 4 is 40.2 Å². The van der Waals surface area contributed by atoms with Crippen LogP contribution < -0.4 is 4.74 Å². The highest BCUT2D eigenvalue weighted by atomic mass is 127. The average molecular weight is 398 g/mol. The van der Waals surface area contributed by atoms with Gasteiger partial charge in [0, 0.05) is 0 Å². The summed E-state index contributed by atoms with van der Waals surface area (Å²) in [7, 11) is 1.51. The van der Waals surface area contributed by atoms with E-state index in [4.69, 9.17) is 16.3 Å². The van der Waals surface area contributed by atoms with Gasteiger partial charge in [0.15, 0.2) is 10.9 Å². The molecular weight excluding hydrogens is 381 g/mol. The predicted octanol–water partition coefficient (Wildman–Crippen LogP) is 3.64. The smallest absolute Gasteiger partial charge is 0.309 e. The predicted molar refractivity (Wildman–Crippen MR) is 82.8 cm³/mol. The molecule has 106 valence electrons. The number of ether oxygens (including phenoxy) is 1. The molecule has 4 nitrogen and oxygen atoms in total. The third-order valence-electron chi connectivity index (χ3n) is 3.51. The number of methoxy groups -OCH3 is 1. The van der Waals surface area contributed by atoms with Gasteiger partial charge in [0.1, 0.15) is 3.70 Å². The molecule has 0 saturated carbocycles. The van der Waals surface area contributed by atoms with Gasteiger partial charge in [0.2, 0.25) is 0 Å². The second-order valence-corrected chi connectivity index (χ2v) is 6.37. The minimum Gasteiger partial charge on any atom is -0.494 e. The number of hydrogen-bond acceptors (Lipinski definition) is 3. The minimum atomic E-state index is -0.847. The van der Waals surface area contributed by atoms with Gasteiger partial charge in [0.05, 0.1) is 12.5 Å². The lowest BCUT2D eigenvalue weighted by atomic mass is 9.75. The van der Waals surface area contributed by atoms with Crippen molar-refractivity contribution in [2.24, 2.45) is 11.3 Å². The van der Waals surface area contributed by atoms with Gasteiger partial charge in [-0.1, -0.05) is 25.4 Å². The van der Waals surface area contributed by atoms with Crippen molar-refractivity contribution in [1.29, 1.82) is 0 Å². The first kappa shape index (κ1) is 16.5. The number of aromatic nitrogens is 1. The van der Waals surface area contributed by atoms with Crippen LogP contribution >= 0.6 is 34.2 Å². The van der Waals surface area contributed by atoms with E-state index in [2.05, 4.69) is 27.6 Å². The SMILES string of the molecule is COc1cc(CC(C)(C(=O)O)C(C)C)c(I)nc1Cl. The number of pyridine rings is 1. The van der Waals surface area contributed by atoms with Gasteiger partial charge in [-0.05, 0) is 53.5 Å². The third-order valence-corrected chi connectivity index (χ3v) is 4.72. The number of aliphatic carboxylic acids is 1. The maximum atomic E-state index is 11.5. The van der Waals surface area contributed by atoms with E-state index >= 15 is 0 Å². The van der Waals surface area contributed by atoms with Crippen LogP contribution in [0.2, 0.25) is 5.15 Å². The van der Waals surface area contributed by atoms with Crippen LogP contribution in [0.15, 0.2) is 6.07 Å². The molecule has 0 aliphatic rings. The molecule has 0 amide bonds. The summed E-state index contributed by atoms with van der Waals surface area (Å²) in [6.45, 7) is 5.56. The highest BCUT2D eigenvalue weighted by Crippen LogP contribution is 2.35. The third kappa shape index (κ3) is 3.51. The Labute approximate surface area is 131 Å². The van der Waals surface area contributed by atoms with Gasteiger partial charge in [0.25, 0.3) is 0 Å². The molecular formula is C13H17ClINO3. The van der Waals surface area contributed by atoms with Crippen LogP contribution in [0.3, 0.4) is 0 Å². The van der Waals surface area contributed by atoms with Crippen LogP contribution in [0.25, 0.3) is 0 Å². The van der Waals surface area contributed by atoms with Gasteiger partial charge in [-0.25, -0.2) is 4.98 Å². The molecule has 0 aromatic carbocycles. The van der Waals surface area contributed by atoms with Crippen LogP contribution in [0.5, 0.6) is 5.75 Å². The molecule has 0 radical (unpaired) electrons. The number of carboxylic acids is 1. The van der Waals surface area contributed by atoms with Crippen LogP contribution in [0.4, 0.5) is 0 Å². The Morgan fingerprint density at radius 2 is 2.21 bits per heavy atom. The number of carboxylic acid groups (broad SMARTS) is 1. The van der Waals surface area contributed by atoms with E-state index in [0.717, 1.165) is 5.56 Å². The molecule has 1 rings (SSSR count). The maximum Gasteiger partial charge on any atom is 0.309 e. The fourth-order valence-electron chi connectivity index (χ4n) is 1.68. The standard InChI is InChI=1S/C13H17ClINO3/c1-7(2)13(3,12(17)18)6-8-5-9(19-4)10(14)16-11(8)15/h5,7H,6H2,1-4H3,(H,17,18). The Balaban J connectivity index is 3.21. The fraction of sp³-hybridized carbons (Fsp3) is 0.538. The van der Waals surface area contributed by atoms with Crippen LogP contribution in [-0.4, -0.2) is 23.2 Å². The molecule has 0 spiro atoms. The molecule has 1 heterocycles. The van der Waals surface area contributed by atoms with E-state index < -0.39 is 11.4 Å². The first-order valence-corrected chi connectivity index (χ1v) is 7.30. The summed E-state index contributed by atoms with van der Waals surface area (Å²) in [5.41, 5.74) is -0.0130. The van der Waals surface area contributed by atoms with Gasteiger partial charge >= 0.3 is 5.97 Å². The van der Waals surface area contributed by atoms with Crippen molar-refractivity contribution in [3.63, 3.8) is 0 Å². The molecule has 6 heteroatoms. The van der Waals surface area contributed by atoms with Crippen LogP contribution in [0, 0.1) is 15.0 Å². The largest absolute Gasteiger partial charge is 0.494 e. The number of halogens is 2. The normalized spacial score (nSPS) is 14.3. The minimum absolute atomic E-state index is 0.00229. The average Bonchev–Trinajstić information content (AvgIpc) is 2.31. The summed E-state index contributed by atoms with van der Waals surface area (Å²) in [5.74, 6) is -0.344. The highest BCUT2D eigenvalue weighted by molar-refractivity contribution is 14.1. The van der Waals surface area contributed by atoms with Crippen LogP contribution in [0.1, 0.15) is 26.3 Å². The zero-order valence-electron chi connectivity index (χ0n) is 11.3. The Hall–Kier alpha value is -0.560. The molecule has 1 atom stereocenters. The summed E-state index contributed by atoms with van der Waals surface area (Å²) in [5, 5.41) is 9.75. The Kier molecular flexibility index (Phi) is 5.43. The lowest BCUT2D eigenvalue weighted by Crippen LogP contribution is -2.35. The zero-order valence-corrected chi connectivity index (χ0v) is 14.2. The molecule has 1 unspecified atom stereocenters. The Bertz CT molecular complexity index is 493. The van der Waals surface area contributed by atoms with Crippen molar-refractivity contribution in [3.05, 3.63) is 20.5 Å². The molecule has 1 aromatic heterocycles. The van der Waals surface area contributed by atoms with E-state index in [1.165, 1.54) is 7.11 Å². The summed E-state index contributed by atoms with van der Waals surface area (Å²) in [6.07, 6.45) is 0.388. The number of carbonyl (C=O) groups is 1. The van der Waals surface area contributed by atoms with Crippen molar-refractivity contribution < 1.29 is 14.6 Å². The Morgan fingerprint density at radius 1 is 1.63 bits per heavy atom. The van der Waals surface area contributed by atoms with E-state index in [0.29, 0.717) is 15.9 Å². The van der Waals surface area contributed by atoms with E-state index in [-0.39, 0.29) is 11.1 Å². The molecule has 0 saturated heterocycles. The molecule has 0 aliphatic carbocycles. The van der Waals surface area contributed by atoms with E-state index in [9.17, 15) is 9.90 Å². The lowest BCUT2D eigenvalue weighted by Gasteiger charge is -2.29. The first-order valence-electron chi connectivity index (χ1n) is 5.84. The molecule has 1 N–H and O–H groups in total. The summed E-state index contributed by atoms with van der Waals surface area (Å²) >= 11 is 8.00. The second kappa shape index (κ2) is 6.26. The van der Waals surface area contributed by atoms with Gasteiger partial charge in [-0.3, -0.25) is 4.79 Å². The topological polar surface area (TPSA) is 59.4 Å². The van der Waals surface area contributed by atoms with Gasteiger partial charge in [-0.15, -0.1) is 0 Å². The Morgan fingerprint density at radius 3 is 2.63 bits per heavy atom. The highest BCUT2D eigenvalue weighted by Gasteiger charge is 2.37. The molecule has 0 fully saturated rings. The van der Waals surface area contributed by atoms with Crippen molar-refractivity contribution in [1.82, 2.24) is 4.98 Å². The van der Waals surface area contributed by atoms with Gasteiger partial charge in [-0.2, -0.15) is 0 Å².